The van der Waals surface area contributed by atoms with Crippen molar-refractivity contribution in [3.05, 3.63) is 54.6 Å². The van der Waals surface area contributed by atoms with Crippen LogP contribution >= 0.6 is 0 Å². The van der Waals surface area contributed by atoms with Crippen molar-refractivity contribution in [2.45, 2.75) is 13.0 Å². The van der Waals surface area contributed by atoms with Crippen LogP contribution in [0.5, 0.6) is 0 Å². The van der Waals surface area contributed by atoms with Crippen molar-refractivity contribution >= 4 is 34.6 Å². The molecule has 1 saturated heterocycles. The first-order valence-electron chi connectivity index (χ1n) is 9.71. The molecule has 1 atom stereocenters. The van der Waals surface area contributed by atoms with Crippen LogP contribution in [0.1, 0.15) is 6.92 Å². The van der Waals surface area contributed by atoms with E-state index >= 15 is 0 Å². The SMILES string of the molecule is C[C@H](NC(=O)N1CCN(c2ccccc2)CC1)C(=O)Nc1nc2ccccc2[nH]1. The van der Waals surface area contributed by atoms with Crippen LogP contribution in [0.2, 0.25) is 0 Å². The fourth-order valence-electron chi connectivity index (χ4n) is 3.39. The molecule has 150 valence electrons. The summed E-state index contributed by atoms with van der Waals surface area (Å²) < 4.78 is 0. The summed E-state index contributed by atoms with van der Waals surface area (Å²) in [5, 5.41) is 5.49. The predicted molar refractivity (Wildman–Crippen MR) is 113 cm³/mol. The molecule has 1 aromatic heterocycles. The number of amides is 3. The number of hydrogen-bond acceptors (Lipinski definition) is 4. The maximum Gasteiger partial charge on any atom is 0.318 e. The molecule has 0 spiro atoms. The Bertz CT molecular complexity index is 962. The number of nitrogens with one attached hydrogen (secondary N) is 3. The smallest absolute Gasteiger partial charge is 0.318 e. The molecule has 4 rings (SSSR count). The topological polar surface area (TPSA) is 93.4 Å². The van der Waals surface area contributed by atoms with E-state index in [1.54, 1.807) is 11.8 Å². The summed E-state index contributed by atoms with van der Waals surface area (Å²) in [4.78, 5) is 36.3. The van der Waals surface area contributed by atoms with Gasteiger partial charge in [-0.25, -0.2) is 9.78 Å². The molecular weight excluding hydrogens is 368 g/mol. The van der Waals surface area contributed by atoms with Crippen molar-refractivity contribution in [3.63, 3.8) is 0 Å². The highest BCUT2D eigenvalue weighted by atomic mass is 16.2. The Balaban J connectivity index is 1.28. The second-order valence-corrected chi connectivity index (χ2v) is 7.07. The monoisotopic (exact) mass is 392 g/mol. The lowest BCUT2D eigenvalue weighted by Gasteiger charge is -2.36. The number of carbonyl (C=O) groups excluding carboxylic acids is 2. The number of benzene rings is 2. The lowest BCUT2D eigenvalue weighted by atomic mass is 10.2. The third-order valence-electron chi connectivity index (χ3n) is 5.05. The molecule has 3 aromatic rings. The van der Waals surface area contributed by atoms with Crippen LogP contribution < -0.4 is 15.5 Å². The second-order valence-electron chi connectivity index (χ2n) is 7.07. The van der Waals surface area contributed by atoms with Gasteiger partial charge in [0.2, 0.25) is 11.9 Å². The van der Waals surface area contributed by atoms with E-state index in [2.05, 4.69) is 37.6 Å². The van der Waals surface area contributed by atoms with Gasteiger partial charge in [0.15, 0.2) is 0 Å². The minimum absolute atomic E-state index is 0.232. The van der Waals surface area contributed by atoms with Crippen molar-refractivity contribution in [3.8, 4) is 0 Å². The zero-order chi connectivity index (χ0) is 20.2. The van der Waals surface area contributed by atoms with Crippen LogP contribution in [-0.2, 0) is 4.79 Å². The Morgan fingerprint density at radius 3 is 2.41 bits per heavy atom. The third kappa shape index (κ3) is 4.31. The number of imidazole rings is 1. The molecule has 1 aliphatic rings. The number of hydrogen-bond donors (Lipinski definition) is 3. The normalized spacial score (nSPS) is 15.2. The highest BCUT2D eigenvalue weighted by molar-refractivity contribution is 5.96. The first kappa shape index (κ1) is 18.8. The van der Waals surface area contributed by atoms with E-state index in [-0.39, 0.29) is 11.9 Å². The zero-order valence-electron chi connectivity index (χ0n) is 16.3. The highest BCUT2D eigenvalue weighted by Crippen LogP contribution is 2.16. The molecule has 1 aliphatic heterocycles. The van der Waals surface area contributed by atoms with Gasteiger partial charge < -0.3 is 20.1 Å². The van der Waals surface area contributed by atoms with Crippen LogP contribution in [0.25, 0.3) is 11.0 Å². The minimum Gasteiger partial charge on any atom is -0.368 e. The van der Waals surface area contributed by atoms with Gasteiger partial charge in [-0.3, -0.25) is 10.1 Å². The maximum absolute atomic E-state index is 12.5. The number of urea groups is 1. The van der Waals surface area contributed by atoms with E-state index in [0.29, 0.717) is 19.0 Å². The summed E-state index contributed by atoms with van der Waals surface area (Å²) in [6, 6.07) is 16.8. The quantitative estimate of drug-likeness (QED) is 0.636. The lowest BCUT2D eigenvalue weighted by molar-refractivity contribution is -0.117. The number of rotatable bonds is 4. The Hall–Kier alpha value is -3.55. The van der Waals surface area contributed by atoms with Gasteiger partial charge in [-0.15, -0.1) is 0 Å². The van der Waals surface area contributed by atoms with Crippen LogP contribution in [0, 0.1) is 0 Å². The van der Waals surface area contributed by atoms with Crippen molar-refractivity contribution in [2.75, 3.05) is 36.4 Å². The number of aromatic amines is 1. The van der Waals surface area contributed by atoms with E-state index < -0.39 is 6.04 Å². The van der Waals surface area contributed by atoms with E-state index in [1.165, 1.54) is 0 Å². The standard InChI is InChI=1S/C21H24N6O2/c1-15(19(28)25-20-23-17-9-5-6-10-18(17)24-20)22-21(29)27-13-11-26(12-14-27)16-7-3-2-4-8-16/h2-10,15H,11-14H2,1H3,(H,22,29)(H2,23,24,25,28)/t15-/m0/s1. The number of aromatic nitrogens is 2. The molecule has 0 aliphatic carbocycles. The van der Waals surface area contributed by atoms with Gasteiger partial charge in [0, 0.05) is 31.9 Å². The molecule has 2 heterocycles. The van der Waals surface area contributed by atoms with Crippen LogP contribution in [0.15, 0.2) is 54.6 Å². The Morgan fingerprint density at radius 1 is 1.00 bits per heavy atom. The summed E-state index contributed by atoms with van der Waals surface area (Å²) in [5.74, 6) is 0.0501. The summed E-state index contributed by atoms with van der Waals surface area (Å²) in [6.45, 7) is 4.40. The van der Waals surface area contributed by atoms with E-state index in [1.807, 2.05) is 42.5 Å². The molecule has 0 radical (unpaired) electrons. The predicted octanol–water partition coefficient (Wildman–Crippen LogP) is 2.42. The fraction of sp³-hybridized carbons (Fsp3) is 0.286. The number of para-hydroxylation sites is 3. The Morgan fingerprint density at radius 2 is 1.69 bits per heavy atom. The average Bonchev–Trinajstić information content (AvgIpc) is 3.16. The van der Waals surface area contributed by atoms with Gasteiger partial charge in [0.05, 0.1) is 11.0 Å². The number of fused-ring (bicyclic) bond motifs is 1. The molecule has 0 unspecified atom stereocenters. The van der Waals surface area contributed by atoms with Gasteiger partial charge in [-0.05, 0) is 31.2 Å². The second kappa shape index (κ2) is 8.22. The maximum atomic E-state index is 12.5. The van der Waals surface area contributed by atoms with E-state index in [4.69, 9.17) is 0 Å². The van der Waals surface area contributed by atoms with Crippen LogP contribution in [-0.4, -0.2) is 59.0 Å². The number of H-pyrrole nitrogens is 1. The summed E-state index contributed by atoms with van der Waals surface area (Å²) >= 11 is 0. The van der Waals surface area contributed by atoms with Crippen molar-refractivity contribution < 1.29 is 9.59 Å². The van der Waals surface area contributed by atoms with Crippen LogP contribution in [0.3, 0.4) is 0 Å². The zero-order valence-corrected chi connectivity index (χ0v) is 16.3. The number of nitrogens with zero attached hydrogens (tertiary/aromatic N) is 3. The largest absolute Gasteiger partial charge is 0.368 e. The first-order chi connectivity index (χ1) is 14.1. The molecule has 2 aromatic carbocycles. The fourth-order valence-corrected chi connectivity index (χ4v) is 3.39. The molecule has 0 bridgehead atoms. The van der Waals surface area contributed by atoms with Gasteiger partial charge in [-0.2, -0.15) is 0 Å². The van der Waals surface area contributed by atoms with Gasteiger partial charge in [0.1, 0.15) is 6.04 Å². The van der Waals surface area contributed by atoms with E-state index in [0.717, 1.165) is 29.8 Å². The number of anilines is 2. The van der Waals surface area contributed by atoms with Crippen molar-refractivity contribution in [1.82, 2.24) is 20.2 Å². The minimum atomic E-state index is -0.678. The molecule has 3 amide bonds. The highest BCUT2D eigenvalue weighted by Gasteiger charge is 2.24. The van der Waals surface area contributed by atoms with Gasteiger partial charge >= 0.3 is 6.03 Å². The van der Waals surface area contributed by atoms with Gasteiger partial charge in [0.25, 0.3) is 0 Å². The molecule has 0 saturated carbocycles. The lowest BCUT2D eigenvalue weighted by Crippen LogP contribution is -2.54. The molecule has 8 heteroatoms. The van der Waals surface area contributed by atoms with Crippen molar-refractivity contribution in [1.29, 1.82) is 0 Å². The summed E-state index contributed by atoms with van der Waals surface area (Å²) in [6.07, 6.45) is 0. The van der Waals surface area contributed by atoms with Gasteiger partial charge in [-0.1, -0.05) is 30.3 Å². The molecule has 8 nitrogen and oxygen atoms in total. The number of piperazine rings is 1. The molecule has 29 heavy (non-hydrogen) atoms. The Kier molecular flexibility index (Phi) is 5.33. The average molecular weight is 392 g/mol. The molecular formula is C21H24N6O2. The van der Waals surface area contributed by atoms with Crippen LogP contribution in [0.4, 0.5) is 16.4 Å². The summed E-state index contributed by atoms with van der Waals surface area (Å²) in [5.41, 5.74) is 2.78. The first-order valence-corrected chi connectivity index (χ1v) is 9.71. The van der Waals surface area contributed by atoms with Crippen molar-refractivity contribution in [2.24, 2.45) is 0 Å². The third-order valence-corrected chi connectivity index (χ3v) is 5.05. The summed E-state index contributed by atoms with van der Waals surface area (Å²) in [7, 11) is 0. The number of carbonyl (C=O) groups is 2. The Labute approximate surface area is 168 Å². The molecule has 3 N–H and O–H groups in total. The van der Waals surface area contributed by atoms with E-state index in [9.17, 15) is 9.59 Å². The molecule has 1 fully saturated rings.